The van der Waals surface area contributed by atoms with Gasteiger partial charge in [0.25, 0.3) is 0 Å². The van der Waals surface area contributed by atoms with Gasteiger partial charge in [0.2, 0.25) is 11.9 Å². The van der Waals surface area contributed by atoms with E-state index in [4.69, 9.17) is 9.47 Å². The Kier molecular flexibility index (Phi) is 9.24. The molecule has 0 radical (unpaired) electrons. The van der Waals surface area contributed by atoms with Crippen LogP contribution in [0.15, 0.2) is 61.5 Å². The summed E-state index contributed by atoms with van der Waals surface area (Å²) in [6.45, 7) is 17.9. The van der Waals surface area contributed by atoms with Crippen LogP contribution < -0.4 is 25.2 Å². The van der Waals surface area contributed by atoms with Crippen molar-refractivity contribution in [1.29, 1.82) is 0 Å². The summed E-state index contributed by atoms with van der Waals surface area (Å²) in [5, 5.41) is 6.10. The van der Waals surface area contributed by atoms with Gasteiger partial charge in [0.05, 0.1) is 43.1 Å². The second-order valence-electron chi connectivity index (χ2n) is 10.1. The third-order valence-electron chi connectivity index (χ3n) is 6.81. The molecule has 9 nitrogen and oxygen atoms in total. The second-order valence-corrected chi connectivity index (χ2v) is 10.1. The summed E-state index contributed by atoms with van der Waals surface area (Å²) >= 11 is 0. The third kappa shape index (κ3) is 6.66. The minimum absolute atomic E-state index is 0.0900. The van der Waals surface area contributed by atoms with Gasteiger partial charge in [-0.2, -0.15) is 0 Å². The molecule has 0 atom stereocenters. The molecule has 2 heterocycles. The number of hydrogen-bond acceptors (Lipinski definition) is 8. The Labute approximate surface area is 240 Å². The Morgan fingerprint density at radius 3 is 2.59 bits per heavy atom. The first-order chi connectivity index (χ1) is 19.6. The first kappa shape index (κ1) is 29.5. The lowest BCUT2D eigenvalue weighted by Gasteiger charge is -2.31. The molecule has 1 saturated heterocycles. The number of carbonyl (C=O) groups excluding carboxylic acids is 1. The molecule has 4 rings (SSSR count). The highest BCUT2D eigenvalue weighted by Gasteiger charge is 2.21. The lowest BCUT2D eigenvalue weighted by molar-refractivity contribution is -0.111. The first-order valence-electron chi connectivity index (χ1n) is 13.5. The number of benzene rings is 2. The molecular weight excluding hydrogens is 523 g/mol. The quantitative estimate of drug-likeness (QED) is 0.290. The number of hydrogen-bond donors (Lipinski definition) is 2. The molecule has 1 aliphatic heterocycles. The summed E-state index contributed by atoms with van der Waals surface area (Å²) in [4.78, 5) is 25.5. The number of aromatic nitrogens is 2. The van der Waals surface area contributed by atoms with Gasteiger partial charge >= 0.3 is 0 Å². The Bertz CT molecular complexity index is 1450. The first-order valence-corrected chi connectivity index (χ1v) is 13.5. The number of methoxy groups -OCH3 is 1. The van der Waals surface area contributed by atoms with Gasteiger partial charge in [-0.15, -0.1) is 0 Å². The van der Waals surface area contributed by atoms with Crippen LogP contribution in [0.2, 0.25) is 0 Å². The molecule has 1 fully saturated rings. The van der Waals surface area contributed by atoms with E-state index in [0.29, 0.717) is 60.2 Å². The van der Waals surface area contributed by atoms with Crippen molar-refractivity contribution in [3.63, 3.8) is 0 Å². The van der Waals surface area contributed by atoms with Gasteiger partial charge in [-0.1, -0.05) is 13.2 Å². The average Bonchev–Trinajstić information content (AvgIpc) is 2.95. The highest BCUT2D eigenvalue weighted by molar-refractivity contribution is 6.02. The largest absolute Gasteiger partial charge is 0.494 e. The predicted octanol–water partition coefficient (Wildman–Crippen LogP) is 6.05. The van der Waals surface area contributed by atoms with Gasteiger partial charge in [-0.3, -0.25) is 4.79 Å². The molecule has 41 heavy (non-hydrogen) atoms. The van der Waals surface area contributed by atoms with Crippen molar-refractivity contribution in [1.82, 2.24) is 9.97 Å². The number of halogens is 1. The van der Waals surface area contributed by atoms with E-state index in [0.717, 1.165) is 17.1 Å². The molecule has 1 aromatic heterocycles. The lowest BCUT2D eigenvalue weighted by Crippen LogP contribution is -2.36. The van der Waals surface area contributed by atoms with E-state index in [-0.39, 0.29) is 23.7 Å². The summed E-state index contributed by atoms with van der Waals surface area (Å²) < 4.78 is 26.3. The Balaban J connectivity index is 1.73. The van der Waals surface area contributed by atoms with E-state index in [1.54, 1.807) is 32.4 Å². The fraction of sp³-hybridized carbons (Fsp3) is 0.323. The minimum atomic E-state index is -0.337. The highest BCUT2D eigenvalue weighted by atomic mass is 19.1. The van der Waals surface area contributed by atoms with Crippen LogP contribution in [0, 0.1) is 12.7 Å². The summed E-state index contributed by atoms with van der Waals surface area (Å²) in [6, 6.07) is 8.84. The van der Waals surface area contributed by atoms with Crippen LogP contribution in [0.5, 0.6) is 5.75 Å². The van der Waals surface area contributed by atoms with Crippen LogP contribution in [0.3, 0.4) is 0 Å². The van der Waals surface area contributed by atoms with Gasteiger partial charge in [0.15, 0.2) is 0 Å². The number of amides is 1. The van der Waals surface area contributed by atoms with Crippen molar-refractivity contribution >= 4 is 34.6 Å². The standard InChI is InChI=1S/C31H37FN6O3/c1-8-30(39)34-25-17-26(29(40-7)18-28(25)37-11-13-41-14-12-37)36-31-33-10-9-24(35-31)22-15-23(32)21(6)27(16-22)38(19(2)3)20(4)5/h8-10,15-18,20H,1-2,11-14H2,3-7H3,(H,34,39)(H,33,35,36). The molecular formula is C31H37FN6O3. The summed E-state index contributed by atoms with van der Waals surface area (Å²) in [5.74, 6) is 0.149. The highest BCUT2D eigenvalue weighted by Crippen LogP contribution is 2.39. The predicted molar refractivity (Wildman–Crippen MR) is 163 cm³/mol. The summed E-state index contributed by atoms with van der Waals surface area (Å²) in [5.41, 5.74) is 5.16. The van der Waals surface area contributed by atoms with Crippen molar-refractivity contribution in [2.45, 2.75) is 33.7 Å². The zero-order chi connectivity index (χ0) is 29.7. The van der Waals surface area contributed by atoms with E-state index >= 15 is 4.39 Å². The van der Waals surface area contributed by atoms with Crippen molar-refractivity contribution in [2.24, 2.45) is 0 Å². The van der Waals surface area contributed by atoms with Crippen LogP contribution >= 0.6 is 0 Å². The zero-order valence-electron chi connectivity index (χ0n) is 24.3. The fourth-order valence-electron chi connectivity index (χ4n) is 4.87. The molecule has 3 aromatic rings. The van der Waals surface area contributed by atoms with Gasteiger partial charge in [0.1, 0.15) is 11.6 Å². The van der Waals surface area contributed by atoms with Crippen molar-refractivity contribution in [2.75, 3.05) is 53.8 Å². The molecule has 1 aliphatic rings. The number of ether oxygens (including phenoxy) is 2. The number of rotatable bonds is 10. The molecule has 0 saturated carbocycles. The van der Waals surface area contributed by atoms with Crippen molar-refractivity contribution in [3.8, 4) is 17.0 Å². The van der Waals surface area contributed by atoms with Crippen molar-refractivity contribution in [3.05, 3.63) is 72.8 Å². The molecule has 0 aliphatic carbocycles. The summed E-state index contributed by atoms with van der Waals surface area (Å²) in [7, 11) is 1.57. The minimum Gasteiger partial charge on any atom is -0.494 e. The normalized spacial score (nSPS) is 13.1. The van der Waals surface area contributed by atoms with Crippen LogP contribution in [0.1, 0.15) is 26.3 Å². The Morgan fingerprint density at radius 1 is 1.22 bits per heavy atom. The maximum absolute atomic E-state index is 15.1. The smallest absolute Gasteiger partial charge is 0.247 e. The van der Waals surface area contributed by atoms with E-state index in [1.165, 1.54) is 12.1 Å². The SMILES string of the molecule is C=CC(=O)Nc1cc(Nc2nccc(-c3cc(F)c(C)c(N(C(=C)C)C(C)C)c3)n2)c(OC)cc1N1CCOCC1. The third-order valence-corrected chi connectivity index (χ3v) is 6.81. The van der Waals surface area contributed by atoms with Gasteiger partial charge in [0, 0.05) is 53.9 Å². The average molecular weight is 561 g/mol. The van der Waals surface area contributed by atoms with Gasteiger partial charge < -0.3 is 29.9 Å². The second kappa shape index (κ2) is 12.8. The number of morpholine rings is 1. The number of carbonyl (C=O) groups is 1. The van der Waals surface area contributed by atoms with E-state index < -0.39 is 0 Å². The van der Waals surface area contributed by atoms with Crippen LogP contribution in [-0.4, -0.2) is 55.3 Å². The molecule has 0 unspecified atom stereocenters. The lowest BCUT2D eigenvalue weighted by atomic mass is 10.0. The fourth-order valence-corrected chi connectivity index (χ4v) is 4.87. The van der Waals surface area contributed by atoms with Crippen molar-refractivity contribution < 1.29 is 18.7 Å². The number of anilines is 5. The summed E-state index contributed by atoms with van der Waals surface area (Å²) in [6.07, 6.45) is 2.83. The van der Waals surface area contributed by atoms with E-state index in [2.05, 4.69) is 38.7 Å². The van der Waals surface area contributed by atoms with Crippen LogP contribution in [0.25, 0.3) is 11.3 Å². The molecule has 2 N–H and O–H groups in total. The zero-order valence-corrected chi connectivity index (χ0v) is 24.3. The number of nitrogens with one attached hydrogen (secondary N) is 2. The number of allylic oxidation sites excluding steroid dienone is 1. The molecule has 10 heteroatoms. The van der Waals surface area contributed by atoms with Gasteiger partial charge in [-0.25, -0.2) is 14.4 Å². The maximum Gasteiger partial charge on any atom is 0.247 e. The molecule has 1 amide bonds. The van der Waals surface area contributed by atoms with Gasteiger partial charge in [-0.05, 0) is 58.0 Å². The number of nitrogens with zero attached hydrogens (tertiary/aromatic N) is 4. The van der Waals surface area contributed by atoms with Crippen LogP contribution in [-0.2, 0) is 9.53 Å². The Morgan fingerprint density at radius 2 is 1.95 bits per heavy atom. The van der Waals surface area contributed by atoms with E-state index in [9.17, 15) is 4.79 Å². The molecule has 2 aromatic carbocycles. The molecule has 216 valence electrons. The topological polar surface area (TPSA) is 91.9 Å². The maximum atomic E-state index is 15.1. The Hall–Kier alpha value is -4.44. The monoisotopic (exact) mass is 560 g/mol. The van der Waals surface area contributed by atoms with E-state index in [1.807, 2.05) is 37.8 Å². The molecule has 0 spiro atoms. The molecule has 0 bridgehead atoms. The van der Waals surface area contributed by atoms with Crippen LogP contribution in [0.4, 0.5) is 33.1 Å².